The monoisotopic (exact) mass is 512 g/mol. The Kier molecular flexibility index (Phi) is 6.44. The van der Waals surface area contributed by atoms with E-state index < -0.39 is 17.8 Å². The maximum Gasteiger partial charge on any atom is 0.434 e. The zero-order valence-corrected chi connectivity index (χ0v) is 20.2. The van der Waals surface area contributed by atoms with E-state index in [2.05, 4.69) is 25.3 Å². The van der Waals surface area contributed by atoms with Crippen LogP contribution < -0.4 is 16.0 Å². The minimum atomic E-state index is -4.73. The number of nitrogen functional groups attached to an aromatic ring is 1. The largest absolute Gasteiger partial charge is 0.434 e. The van der Waals surface area contributed by atoms with Crippen LogP contribution in [-0.2, 0) is 6.18 Å². The van der Waals surface area contributed by atoms with Gasteiger partial charge < -0.3 is 16.0 Å². The Labute approximate surface area is 209 Å². The molecule has 8 nitrogen and oxygen atoms in total. The van der Waals surface area contributed by atoms with Crippen LogP contribution in [0, 0.1) is 6.92 Å². The van der Waals surface area contributed by atoms with Crippen molar-refractivity contribution < 1.29 is 13.2 Å². The summed E-state index contributed by atoms with van der Waals surface area (Å²) in [4.78, 5) is 23.2. The number of nitrogens with zero attached hydrogens (tertiary/aromatic N) is 6. The molecule has 0 spiro atoms. The molecule has 36 heavy (non-hydrogen) atoms. The van der Waals surface area contributed by atoms with Gasteiger partial charge >= 0.3 is 6.18 Å². The molecule has 186 valence electrons. The van der Waals surface area contributed by atoms with Crippen molar-refractivity contribution in [2.75, 3.05) is 29.0 Å². The van der Waals surface area contributed by atoms with Crippen LogP contribution >= 0.6 is 11.3 Å². The number of aromatic nitrogens is 5. The lowest BCUT2D eigenvalue weighted by Gasteiger charge is -2.28. The molecular weight excluding hydrogens is 489 g/mol. The topological polar surface area (TPSA) is 106 Å². The molecule has 1 fully saturated rings. The third kappa shape index (κ3) is 4.94. The van der Waals surface area contributed by atoms with Gasteiger partial charge in [0.1, 0.15) is 5.82 Å². The average Bonchev–Trinajstić information content (AvgIpc) is 3.34. The standard InChI is InChI=1S/C24H23F3N8S/c1-14-18(16-12-29-21(28)32-19(16)24(25,26)27)31-22(35-10-6-3-7-11-35)33-20(14)34-23-30-17(13-36-23)15-8-4-2-5-9-15/h2,4-5,8-9,12-13H,3,6-7,10-11H2,1H3,(H2,28,29,32)(H,30,31,33,34). The number of hydrogen-bond acceptors (Lipinski definition) is 9. The van der Waals surface area contributed by atoms with Gasteiger partial charge in [-0.05, 0) is 26.2 Å². The third-order valence-corrected chi connectivity index (χ3v) is 6.66. The van der Waals surface area contributed by atoms with E-state index in [0.29, 0.717) is 22.5 Å². The molecule has 0 bridgehead atoms. The number of thiazole rings is 1. The molecule has 4 aromatic rings. The van der Waals surface area contributed by atoms with Gasteiger partial charge in [-0.3, -0.25) is 0 Å². The fourth-order valence-corrected chi connectivity index (χ4v) is 4.80. The molecule has 1 aliphatic heterocycles. The number of rotatable bonds is 5. The number of nitrogens with two attached hydrogens (primary N) is 1. The second-order valence-electron chi connectivity index (χ2n) is 8.41. The van der Waals surface area contributed by atoms with Crippen LogP contribution in [0.1, 0.15) is 30.5 Å². The van der Waals surface area contributed by atoms with Crippen molar-refractivity contribution in [2.24, 2.45) is 0 Å². The van der Waals surface area contributed by atoms with Crippen molar-refractivity contribution in [2.45, 2.75) is 32.4 Å². The van der Waals surface area contributed by atoms with E-state index >= 15 is 0 Å². The van der Waals surface area contributed by atoms with Crippen LogP contribution in [0.3, 0.4) is 0 Å². The smallest absolute Gasteiger partial charge is 0.368 e. The highest BCUT2D eigenvalue weighted by Crippen LogP contribution is 2.39. The number of hydrogen-bond donors (Lipinski definition) is 2. The summed E-state index contributed by atoms with van der Waals surface area (Å²) in [5.41, 5.74) is 6.38. The molecule has 0 unspecified atom stereocenters. The molecule has 1 saturated heterocycles. The fourth-order valence-electron chi connectivity index (χ4n) is 4.08. The summed E-state index contributed by atoms with van der Waals surface area (Å²) >= 11 is 1.38. The van der Waals surface area contributed by atoms with Crippen LogP contribution in [0.2, 0.25) is 0 Å². The van der Waals surface area contributed by atoms with Crippen LogP contribution in [-0.4, -0.2) is 38.0 Å². The number of halogens is 3. The number of piperidine rings is 1. The minimum Gasteiger partial charge on any atom is -0.368 e. The average molecular weight is 513 g/mol. The fraction of sp³-hybridized carbons (Fsp3) is 0.292. The summed E-state index contributed by atoms with van der Waals surface area (Å²) < 4.78 is 41.7. The van der Waals surface area contributed by atoms with E-state index in [-0.39, 0.29) is 11.3 Å². The Hall–Kier alpha value is -3.80. The number of alkyl halides is 3. The lowest BCUT2D eigenvalue weighted by atomic mass is 10.1. The Balaban J connectivity index is 1.60. The molecule has 5 rings (SSSR count). The van der Waals surface area contributed by atoms with E-state index in [0.717, 1.165) is 49.8 Å². The lowest BCUT2D eigenvalue weighted by molar-refractivity contribution is -0.140. The molecule has 0 aliphatic carbocycles. The van der Waals surface area contributed by atoms with Gasteiger partial charge in [0.25, 0.3) is 0 Å². The number of anilines is 4. The van der Waals surface area contributed by atoms with Crippen molar-refractivity contribution in [1.29, 1.82) is 0 Å². The zero-order chi connectivity index (χ0) is 25.3. The summed E-state index contributed by atoms with van der Waals surface area (Å²) in [7, 11) is 0. The van der Waals surface area contributed by atoms with Crippen LogP contribution in [0.4, 0.5) is 36.0 Å². The van der Waals surface area contributed by atoms with Crippen molar-refractivity contribution in [3.05, 3.63) is 53.2 Å². The highest BCUT2D eigenvalue weighted by Gasteiger charge is 2.37. The van der Waals surface area contributed by atoms with E-state index in [1.54, 1.807) is 6.92 Å². The van der Waals surface area contributed by atoms with Crippen LogP contribution in [0.5, 0.6) is 0 Å². The first-order chi connectivity index (χ1) is 17.3. The summed E-state index contributed by atoms with van der Waals surface area (Å²) in [6, 6.07) is 9.71. The van der Waals surface area contributed by atoms with Gasteiger partial charge in [0.05, 0.1) is 17.0 Å². The maximum absolute atomic E-state index is 13.9. The molecule has 3 N–H and O–H groups in total. The van der Waals surface area contributed by atoms with Crippen molar-refractivity contribution in [3.8, 4) is 22.5 Å². The lowest BCUT2D eigenvalue weighted by Crippen LogP contribution is -2.31. The van der Waals surface area contributed by atoms with Gasteiger partial charge in [0, 0.05) is 35.8 Å². The molecule has 0 amide bonds. The molecule has 4 heterocycles. The molecular formula is C24H23F3N8S. The van der Waals surface area contributed by atoms with Gasteiger partial charge in [0.15, 0.2) is 10.8 Å². The maximum atomic E-state index is 13.9. The first-order valence-corrected chi connectivity index (χ1v) is 12.3. The second-order valence-corrected chi connectivity index (χ2v) is 9.27. The van der Waals surface area contributed by atoms with Gasteiger partial charge in [-0.1, -0.05) is 30.3 Å². The predicted molar refractivity (Wildman–Crippen MR) is 134 cm³/mol. The Morgan fingerprint density at radius 1 is 1.00 bits per heavy atom. The number of nitrogens with one attached hydrogen (secondary N) is 1. The molecule has 1 aromatic carbocycles. The molecule has 0 saturated carbocycles. The first kappa shape index (κ1) is 23.9. The van der Waals surface area contributed by atoms with Crippen molar-refractivity contribution in [1.82, 2.24) is 24.9 Å². The van der Waals surface area contributed by atoms with Gasteiger partial charge in [0.2, 0.25) is 11.9 Å². The molecule has 0 radical (unpaired) electrons. The highest BCUT2D eigenvalue weighted by molar-refractivity contribution is 7.14. The van der Waals surface area contributed by atoms with E-state index in [9.17, 15) is 13.2 Å². The minimum absolute atomic E-state index is 0.0974. The van der Waals surface area contributed by atoms with E-state index in [4.69, 9.17) is 10.7 Å². The van der Waals surface area contributed by atoms with Crippen LogP contribution in [0.25, 0.3) is 22.5 Å². The summed E-state index contributed by atoms with van der Waals surface area (Å²) in [5.74, 6) is 0.269. The van der Waals surface area contributed by atoms with Crippen molar-refractivity contribution in [3.63, 3.8) is 0 Å². The third-order valence-electron chi connectivity index (χ3n) is 5.90. The highest BCUT2D eigenvalue weighted by atomic mass is 32.1. The normalized spacial score (nSPS) is 14.2. The Bertz CT molecular complexity index is 1370. The quantitative estimate of drug-likeness (QED) is 0.351. The SMILES string of the molecule is Cc1c(Nc2nc(-c3ccccc3)cs2)nc(N2CCCCC2)nc1-c1cnc(N)nc1C(F)(F)F. The predicted octanol–water partition coefficient (Wildman–Crippen LogP) is 5.70. The van der Waals surface area contributed by atoms with E-state index in [1.165, 1.54) is 11.3 Å². The van der Waals surface area contributed by atoms with Gasteiger partial charge in [-0.2, -0.15) is 18.2 Å². The Morgan fingerprint density at radius 2 is 1.75 bits per heavy atom. The molecule has 3 aromatic heterocycles. The summed E-state index contributed by atoms with van der Waals surface area (Å²) in [6.07, 6.45) is -0.655. The molecule has 1 aliphatic rings. The first-order valence-electron chi connectivity index (χ1n) is 11.4. The summed E-state index contributed by atoms with van der Waals surface area (Å²) in [5, 5.41) is 5.68. The van der Waals surface area contributed by atoms with E-state index in [1.807, 2.05) is 40.6 Å². The van der Waals surface area contributed by atoms with Gasteiger partial charge in [-0.25, -0.2) is 19.9 Å². The Morgan fingerprint density at radius 3 is 2.47 bits per heavy atom. The number of benzene rings is 1. The van der Waals surface area contributed by atoms with Crippen LogP contribution in [0.15, 0.2) is 41.9 Å². The molecule has 12 heteroatoms. The summed E-state index contributed by atoms with van der Waals surface area (Å²) in [6.45, 7) is 3.11. The zero-order valence-electron chi connectivity index (χ0n) is 19.4. The molecule has 0 atom stereocenters. The second kappa shape index (κ2) is 9.69. The van der Waals surface area contributed by atoms with Crippen molar-refractivity contribution >= 4 is 34.2 Å². The van der Waals surface area contributed by atoms with Gasteiger partial charge in [-0.15, -0.1) is 11.3 Å².